The Kier molecular flexibility index (Phi) is 7.84. The fourth-order valence-electron chi connectivity index (χ4n) is 5.32. The Labute approximate surface area is 228 Å². The summed E-state index contributed by atoms with van der Waals surface area (Å²) in [5, 5.41) is 1.15. The van der Waals surface area contributed by atoms with Gasteiger partial charge >= 0.3 is 0 Å². The molecule has 2 aromatic carbocycles. The third-order valence-corrected chi connectivity index (χ3v) is 7.46. The van der Waals surface area contributed by atoms with Crippen LogP contribution in [0.5, 0.6) is 0 Å². The van der Waals surface area contributed by atoms with E-state index in [4.69, 9.17) is 4.42 Å². The molecule has 0 unspecified atom stereocenters. The van der Waals surface area contributed by atoms with Crippen LogP contribution in [0.2, 0.25) is 0 Å². The Morgan fingerprint density at radius 3 is 2.59 bits per heavy atom. The van der Waals surface area contributed by atoms with Gasteiger partial charge in [0.2, 0.25) is 5.91 Å². The Balaban J connectivity index is 1.44. The molecule has 1 aliphatic heterocycles. The van der Waals surface area contributed by atoms with Crippen LogP contribution >= 0.6 is 0 Å². The second-order valence-electron chi connectivity index (χ2n) is 10.4. The van der Waals surface area contributed by atoms with Gasteiger partial charge in [0.25, 0.3) is 5.91 Å². The molecule has 0 radical (unpaired) electrons. The quantitative estimate of drug-likeness (QED) is 0.348. The lowest BCUT2D eigenvalue weighted by atomic mass is 10.1. The fraction of sp³-hybridized carbons (Fsp3) is 0.355. The van der Waals surface area contributed by atoms with Gasteiger partial charge in [-0.2, -0.15) is 0 Å². The molecule has 0 bridgehead atoms. The molecule has 2 aromatic heterocycles. The molecule has 7 nitrogen and oxygen atoms in total. The second-order valence-corrected chi connectivity index (χ2v) is 10.4. The van der Waals surface area contributed by atoms with Crippen molar-refractivity contribution in [2.75, 3.05) is 31.1 Å². The molecule has 0 fully saturated rings. The number of hydrogen-bond donors (Lipinski definition) is 0. The highest BCUT2D eigenvalue weighted by Crippen LogP contribution is 2.26. The van der Waals surface area contributed by atoms with Gasteiger partial charge in [-0.15, -0.1) is 0 Å². The number of furan rings is 1. The SMILES string of the molecule is CC(=O)N1CCCN(C(C)C)CCN(C(=O)c2ccc(Cn3ccc4ccccc43)o2)Cc2ccc(F)cc21. The van der Waals surface area contributed by atoms with E-state index >= 15 is 0 Å². The zero-order chi connectivity index (χ0) is 27.5. The van der Waals surface area contributed by atoms with Crippen LogP contribution in [0, 0.1) is 5.82 Å². The summed E-state index contributed by atoms with van der Waals surface area (Å²) in [5.74, 6) is 0.158. The number of carbonyl (C=O) groups excluding carboxylic acids is 2. The Morgan fingerprint density at radius 2 is 1.79 bits per heavy atom. The molecule has 0 saturated carbocycles. The first-order chi connectivity index (χ1) is 18.8. The summed E-state index contributed by atoms with van der Waals surface area (Å²) < 4.78 is 22.5. The number of nitrogens with zero attached hydrogens (tertiary/aromatic N) is 4. The maximum absolute atomic E-state index is 14.3. The third-order valence-electron chi connectivity index (χ3n) is 7.46. The first-order valence-electron chi connectivity index (χ1n) is 13.5. The molecule has 5 rings (SSSR count). The van der Waals surface area contributed by atoms with Crippen LogP contribution in [0.15, 0.2) is 71.3 Å². The molecule has 39 heavy (non-hydrogen) atoms. The second kappa shape index (κ2) is 11.5. The van der Waals surface area contributed by atoms with Crippen molar-refractivity contribution in [1.82, 2.24) is 14.4 Å². The average molecular weight is 531 g/mol. The minimum absolute atomic E-state index is 0.150. The number of halogens is 1. The van der Waals surface area contributed by atoms with Gasteiger partial charge in [-0.25, -0.2) is 4.39 Å². The molecular formula is C31H35FN4O3. The van der Waals surface area contributed by atoms with E-state index in [-0.39, 0.29) is 30.2 Å². The standard InChI is InChI=1S/C31H35FN4O3/c1-22(2)33-14-6-15-36(23(3)37)29-19-26(32)10-9-25(29)20-35(18-17-33)31(38)30-12-11-27(39-30)21-34-16-13-24-7-4-5-8-28(24)34/h4-5,7-13,16,19,22H,6,14-15,17-18,20-21H2,1-3H3. The Bertz CT molecular complexity index is 1470. The van der Waals surface area contributed by atoms with Crippen LogP contribution in [0.1, 0.15) is 49.1 Å². The zero-order valence-corrected chi connectivity index (χ0v) is 22.8. The highest BCUT2D eigenvalue weighted by molar-refractivity contribution is 5.93. The van der Waals surface area contributed by atoms with E-state index in [2.05, 4.69) is 41.5 Å². The number of anilines is 1. The van der Waals surface area contributed by atoms with Gasteiger partial charge in [0.1, 0.15) is 11.6 Å². The van der Waals surface area contributed by atoms with Gasteiger partial charge in [0, 0.05) is 57.4 Å². The van der Waals surface area contributed by atoms with Gasteiger partial charge < -0.3 is 18.8 Å². The van der Waals surface area contributed by atoms with E-state index < -0.39 is 5.82 Å². The lowest BCUT2D eigenvalue weighted by Gasteiger charge is -2.29. The molecule has 1 aliphatic rings. The van der Waals surface area contributed by atoms with Crippen LogP contribution in [-0.4, -0.2) is 58.4 Å². The molecule has 0 spiro atoms. The van der Waals surface area contributed by atoms with Crippen molar-refractivity contribution < 1.29 is 18.4 Å². The van der Waals surface area contributed by atoms with Gasteiger partial charge in [0.05, 0.1) is 12.2 Å². The molecule has 8 heteroatoms. The molecule has 4 aromatic rings. The molecule has 0 N–H and O–H groups in total. The van der Waals surface area contributed by atoms with E-state index in [1.165, 1.54) is 19.1 Å². The summed E-state index contributed by atoms with van der Waals surface area (Å²) in [6.07, 6.45) is 2.76. The molecule has 204 valence electrons. The largest absolute Gasteiger partial charge is 0.454 e. The first-order valence-corrected chi connectivity index (χ1v) is 13.5. The van der Waals surface area contributed by atoms with Crippen molar-refractivity contribution in [2.45, 2.75) is 46.3 Å². The summed E-state index contributed by atoms with van der Waals surface area (Å²) in [7, 11) is 0. The maximum Gasteiger partial charge on any atom is 0.289 e. The minimum atomic E-state index is -0.412. The van der Waals surface area contributed by atoms with E-state index in [1.54, 1.807) is 21.9 Å². The number of benzene rings is 2. The topological polar surface area (TPSA) is 61.9 Å². The number of para-hydroxylation sites is 1. The van der Waals surface area contributed by atoms with Crippen LogP contribution in [0.4, 0.5) is 10.1 Å². The van der Waals surface area contributed by atoms with Crippen LogP contribution in [-0.2, 0) is 17.9 Å². The maximum atomic E-state index is 14.3. The number of aromatic nitrogens is 1. The Hall–Kier alpha value is -3.91. The smallest absolute Gasteiger partial charge is 0.289 e. The highest BCUT2D eigenvalue weighted by Gasteiger charge is 2.25. The molecule has 0 aliphatic carbocycles. The van der Waals surface area contributed by atoms with Crippen molar-refractivity contribution in [2.24, 2.45) is 0 Å². The van der Waals surface area contributed by atoms with E-state index in [0.29, 0.717) is 37.6 Å². The van der Waals surface area contributed by atoms with Gasteiger partial charge in [-0.3, -0.25) is 14.5 Å². The summed E-state index contributed by atoms with van der Waals surface area (Å²) in [4.78, 5) is 32.0. The number of fused-ring (bicyclic) bond motifs is 2. The van der Waals surface area contributed by atoms with Gasteiger partial charge in [-0.05, 0) is 67.6 Å². The Morgan fingerprint density at radius 1 is 0.974 bits per heavy atom. The van der Waals surface area contributed by atoms with Crippen molar-refractivity contribution in [3.63, 3.8) is 0 Å². The fourth-order valence-corrected chi connectivity index (χ4v) is 5.32. The summed E-state index contributed by atoms with van der Waals surface area (Å²) in [5.41, 5.74) is 2.34. The van der Waals surface area contributed by atoms with Crippen LogP contribution in [0.3, 0.4) is 0 Å². The summed E-state index contributed by atoms with van der Waals surface area (Å²) in [6, 6.07) is 18.5. The molecular weight excluding hydrogens is 495 g/mol. The van der Waals surface area contributed by atoms with Crippen molar-refractivity contribution in [3.8, 4) is 0 Å². The van der Waals surface area contributed by atoms with Crippen LogP contribution in [0.25, 0.3) is 10.9 Å². The first kappa shape index (κ1) is 26.7. The summed E-state index contributed by atoms with van der Waals surface area (Å²) in [6.45, 7) is 8.91. The molecule has 3 heterocycles. The predicted molar refractivity (Wildman–Crippen MR) is 150 cm³/mol. The van der Waals surface area contributed by atoms with Crippen molar-refractivity contribution >= 4 is 28.4 Å². The lowest BCUT2D eigenvalue weighted by Crippen LogP contribution is -2.41. The molecule has 0 saturated heterocycles. The highest BCUT2D eigenvalue weighted by atomic mass is 19.1. The number of rotatable bonds is 4. The number of carbonyl (C=O) groups is 2. The van der Waals surface area contributed by atoms with E-state index in [9.17, 15) is 14.0 Å². The molecule has 0 atom stereocenters. The minimum Gasteiger partial charge on any atom is -0.454 e. The van der Waals surface area contributed by atoms with E-state index in [0.717, 1.165) is 29.4 Å². The van der Waals surface area contributed by atoms with Crippen molar-refractivity contribution in [1.29, 1.82) is 0 Å². The monoisotopic (exact) mass is 530 g/mol. The molecule has 2 amide bonds. The van der Waals surface area contributed by atoms with Crippen molar-refractivity contribution in [3.05, 3.63) is 89.8 Å². The lowest BCUT2D eigenvalue weighted by molar-refractivity contribution is -0.116. The third kappa shape index (κ3) is 5.91. The predicted octanol–water partition coefficient (Wildman–Crippen LogP) is 5.53. The van der Waals surface area contributed by atoms with Crippen LogP contribution < -0.4 is 4.90 Å². The summed E-state index contributed by atoms with van der Waals surface area (Å²) >= 11 is 0. The van der Waals surface area contributed by atoms with Gasteiger partial charge in [-0.1, -0.05) is 24.3 Å². The van der Waals surface area contributed by atoms with Gasteiger partial charge in [0.15, 0.2) is 5.76 Å². The zero-order valence-electron chi connectivity index (χ0n) is 22.8. The average Bonchev–Trinajstić information content (AvgIpc) is 3.54. The number of hydrogen-bond acceptors (Lipinski definition) is 4. The normalized spacial score (nSPS) is 15.4. The van der Waals surface area contributed by atoms with E-state index in [1.807, 2.05) is 24.4 Å². The number of amides is 2.